The van der Waals surface area contributed by atoms with Gasteiger partial charge < -0.3 is 11.1 Å². The molecule has 5 nitrogen and oxygen atoms in total. The third-order valence-corrected chi connectivity index (χ3v) is 2.29. The number of carbonyl (C=O) groups excluding carboxylic acids is 1. The maximum absolute atomic E-state index is 11.7. The van der Waals surface area contributed by atoms with E-state index in [4.69, 9.17) is 5.73 Å². The molecule has 1 aromatic rings. The standard InChI is InChI=1S/C11H20N4O/c1-4-15-7-9(6-13-15)14-11(16)10(12)5-8(2)3/h6-8,10H,4-5,12H2,1-3H3,(H,14,16)/t10-/m1/s1. The first-order valence-corrected chi connectivity index (χ1v) is 5.61. The Morgan fingerprint density at radius 3 is 2.81 bits per heavy atom. The Hall–Kier alpha value is -1.36. The first-order chi connectivity index (χ1) is 7.52. The molecule has 0 aromatic carbocycles. The lowest BCUT2D eigenvalue weighted by molar-refractivity contribution is -0.117. The smallest absolute Gasteiger partial charge is 0.241 e. The highest BCUT2D eigenvalue weighted by Crippen LogP contribution is 2.08. The van der Waals surface area contributed by atoms with Gasteiger partial charge in [-0.15, -0.1) is 0 Å². The summed E-state index contributed by atoms with van der Waals surface area (Å²) in [7, 11) is 0. The molecule has 0 aliphatic carbocycles. The summed E-state index contributed by atoms with van der Waals surface area (Å²) in [5.41, 5.74) is 6.47. The lowest BCUT2D eigenvalue weighted by Crippen LogP contribution is -2.36. The monoisotopic (exact) mass is 224 g/mol. The van der Waals surface area contributed by atoms with Crippen LogP contribution >= 0.6 is 0 Å². The van der Waals surface area contributed by atoms with E-state index in [0.717, 1.165) is 6.54 Å². The van der Waals surface area contributed by atoms with Crippen molar-refractivity contribution in [1.82, 2.24) is 9.78 Å². The number of nitrogens with one attached hydrogen (secondary N) is 1. The minimum atomic E-state index is -0.454. The molecular weight excluding hydrogens is 204 g/mol. The van der Waals surface area contributed by atoms with Crippen LogP contribution in [0.4, 0.5) is 5.69 Å². The van der Waals surface area contributed by atoms with Crippen LogP contribution < -0.4 is 11.1 Å². The van der Waals surface area contributed by atoms with Crippen molar-refractivity contribution in [2.24, 2.45) is 11.7 Å². The summed E-state index contributed by atoms with van der Waals surface area (Å²) in [4.78, 5) is 11.7. The topological polar surface area (TPSA) is 72.9 Å². The van der Waals surface area contributed by atoms with Crippen molar-refractivity contribution < 1.29 is 4.79 Å². The van der Waals surface area contributed by atoms with Crippen LogP contribution in [0.1, 0.15) is 27.2 Å². The van der Waals surface area contributed by atoms with Crippen LogP contribution in [0.25, 0.3) is 0 Å². The van der Waals surface area contributed by atoms with Crippen molar-refractivity contribution in [2.45, 2.75) is 39.8 Å². The zero-order valence-electron chi connectivity index (χ0n) is 10.1. The van der Waals surface area contributed by atoms with E-state index in [9.17, 15) is 4.79 Å². The van der Waals surface area contributed by atoms with Crippen molar-refractivity contribution in [2.75, 3.05) is 5.32 Å². The number of hydrogen-bond donors (Lipinski definition) is 2. The molecule has 5 heteroatoms. The van der Waals surface area contributed by atoms with E-state index in [0.29, 0.717) is 18.0 Å². The number of nitrogens with two attached hydrogens (primary N) is 1. The zero-order valence-corrected chi connectivity index (χ0v) is 10.1. The summed E-state index contributed by atoms with van der Waals surface area (Å²) in [5, 5.41) is 6.82. The average Bonchev–Trinajstić information content (AvgIpc) is 2.64. The molecular formula is C11H20N4O. The quantitative estimate of drug-likeness (QED) is 0.789. The predicted molar refractivity (Wildman–Crippen MR) is 64.0 cm³/mol. The fourth-order valence-corrected chi connectivity index (χ4v) is 1.45. The Morgan fingerprint density at radius 2 is 2.31 bits per heavy atom. The predicted octanol–water partition coefficient (Wildman–Crippen LogP) is 1.21. The summed E-state index contributed by atoms with van der Waals surface area (Å²) >= 11 is 0. The molecule has 0 radical (unpaired) electrons. The minimum Gasteiger partial charge on any atom is -0.322 e. The van der Waals surface area contributed by atoms with E-state index in [1.807, 2.05) is 20.8 Å². The van der Waals surface area contributed by atoms with E-state index in [1.54, 1.807) is 17.1 Å². The molecule has 90 valence electrons. The molecule has 0 fully saturated rings. The SMILES string of the molecule is CCn1cc(NC(=O)[C@H](N)CC(C)C)cn1. The van der Waals surface area contributed by atoms with Crippen LogP contribution in [-0.2, 0) is 11.3 Å². The van der Waals surface area contributed by atoms with Crippen LogP contribution in [0.15, 0.2) is 12.4 Å². The summed E-state index contributed by atoms with van der Waals surface area (Å²) in [5.74, 6) is 0.267. The Morgan fingerprint density at radius 1 is 1.62 bits per heavy atom. The van der Waals surface area contributed by atoms with Crippen molar-refractivity contribution in [3.63, 3.8) is 0 Å². The third-order valence-electron chi connectivity index (χ3n) is 2.29. The van der Waals surface area contributed by atoms with Gasteiger partial charge in [-0.05, 0) is 19.3 Å². The normalized spacial score (nSPS) is 12.8. The lowest BCUT2D eigenvalue weighted by atomic mass is 10.0. The second-order valence-electron chi connectivity index (χ2n) is 4.31. The molecule has 0 aliphatic rings. The first kappa shape index (κ1) is 12.7. The number of rotatable bonds is 5. The molecule has 1 rings (SSSR count). The molecule has 0 unspecified atom stereocenters. The zero-order chi connectivity index (χ0) is 12.1. The first-order valence-electron chi connectivity index (χ1n) is 5.61. The molecule has 1 aromatic heterocycles. The lowest BCUT2D eigenvalue weighted by Gasteiger charge is -2.12. The maximum atomic E-state index is 11.7. The van der Waals surface area contributed by atoms with Gasteiger partial charge in [-0.2, -0.15) is 5.10 Å². The van der Waals surface area contributed by atoms with Gasteiger partial charge in [-0.25, -0.2) is 0 Å². The Kier molecular flexibility index (Phi) is 4.49. The minimum absolute atomic E-state index is 0.149. The Bertz CT molecular complexity index is 346. The van der Waals surface area contributed by atoms with Gasteiger partial charge in [-0.3, -0.25) is 9.48 Å². The molecule has 1 atom stereocenters. The average molecular weight is 224 g/mol. The van der Waals surface area contributed by atoms with Gasteiger partial charge in [0.05, 0.1) is 17.9 Å². The molecule has 0 bridgehead atoms. The van der Waals surface area contributed by atoms with Gasteiger partial charge in [0.2, 0.25) is 5.91 Å². The molecule has 0 saturated carbocycles. The molecule has 16 heavy (non-hydrogen) atoms. The van der Waals surface area contributed by atoms with Gasteiger partial charge in [0.25, 0.3) is 0 Å². The number of anilines is 1. The highest BCUT2D eigenvalue weighted by atomic mass is 16.2. The Balaban J connectivity index is 2.50. The van der Waals surface area contributed by atoms with Gasteiger partial charge in [0.1, 0.15) is 0 Å². The molecule has 0 spiro atoms. The summed E-state index contributed by atoms with van der Waals surface area (Å²) in [6, 6.07) is -0.454. The Labute approximate surface area is 96.0 Å². The van der Waals surface area contributed by atoms with Crippen LogP contribution in [0, 0.1) is 5.92 Å². The van der Waals surface area contributed by atoms with E-state index in [2.05, 4.69) is 10.4 Å². The molecule has 0 saturated heterocycles. The highest BCUT2D eigenvalue weighted by molar-refractivity contribution is 5.94. The van der Waals surface area contributed by atoms with Crippen LogP contribution in [-0.4, -0.2) is 21.7 Å². The summed E-state index contributed by atoms with van der Waals surface area (Å²) in [6.07, 6.45) is 4.11. The van der Waals surface area contributed by atoms with Gasteiger partial charge in [-0.1, -0.05) is 13.8 Å². The third kappa shape index (κ3) is 3.66. The maximum Gasteiger partial charge on any atom is 0.241 e. The summed E-state index contributed by atoms with van der Waals surface area (Å²) in [6.45, 7) is 6.86. The largest absolute Gasteiger partial charge is 0.322 e. The number of amides is 1. The fraction of sp³-hybridized carbons (Fsp3) is 0.636. The second-order valence-corrected chi connectivity index (χ2v) is 4.31. The highest BCUT2D eigenvalue weighted by Gasteiger charge is 2.15. The van der Waals surface area contributed by atoms with E-state index in [1.165, 1.54) is 0 Å². The van der Waals surface area contributed by atoms with Gasteiger partial charge >= 0.3 is 0 Å². The van der Waals surface area contributed by atoms with Crippen molar-refractivity contribution in [3.05, 3.63) is 12.4 Å². The fourth-order valence-electron chi connectivity index (χ4n) is 1.45. The van der Waals surface area contributed by atoms with Crippen molar-refractivity contribution >= 4 is 11.6 Å². The van der Waals surface area contributed by atoms with E-state index in [-0.39, 0.29) is 5.91 Å². The molecule has 0 aliphatic heterocycles. The van der Waals surface area contributed by atoms with E-state index >= 15 is 0 Å². The molecule has 3 N–H and O–H groups in total. The number of aromatic nitrogens is 2. The second kappa shape index (κ2) is 5.65. The number of carbonyl (C=O) groups is 1. The summed E-state index contributed by atoms with van der Waals surface area (Å²) < 4.78 is 1.75. The number of aryl methyl sites for hydroxylation is 1. The number of nitrogens with zero attached hydrogens (tertiary/aromatic N) is 2. The van der Waals surface area contributed by atoms with Crippen LogP contribution in [0.5, 0.6) is 0 Å². The van der Waals surface area contributed by atoms with Gasteiger partial charge in [0.15, 0.2) is 0 Å². The number of hydrogen-bond acceptors (Lipinski definition) is 3. The van der Waals surface area contributed by atoms with Gasteiger partial charge in [0, 0.05) is 12.7 Å². The van der Waals surface area contributed by atoms with E-state index < -0.39 is 6.04 Å². The van der Waals surface area contributed by atoms with Crippen molar-refractivity contribution in [3.8, 4) is 0 Å². The van der Waals surface area contributed by atoms with Crippen LogP contribution in [0.3, 0.4) is 0 Å². The van der Waals surface area contributed by atoms with Crippen molar-refractivity contribution in [1.29, 1.82) is 0 Å². The molecule has 1 amide bonds. The molecule has 1 heterocycles. The van der Waals surface area contributed by atoms with Crippen LogP contribution in [0.2, 0.25) is 0 Å².